The Bertz CT molecular complexity index is 333. The van der Waals surface area contributed by atoms with Crippen LogP contribution in [-0.2, 0) is 9.47 Å². The van der Waals surface area contributed by atoms with Crippen LogP contribution >= 0.6 is 0 Å². The first-order valence-corrected chi connectivity index (χ1v) is 5.11. The Morgan fingerprint density at radius 3 is 1.56 bits per heavy atom. The second kappa shape index (κ2) is 12.7. The Kier molecular flexibility index (Phi) is 13.9. The molecule has 2 aliphatic rings. The van der Waals surface area contributed by atoms with Crippen molar-refractivity contribution in [1.82, 2.24) is 0 Å². The molecule has 0 spiro atoms. The third kappa shape index (κ3) is 8.37. The summed E-state index contributed by atoms with van der Waals surface area (Å²) in [5, 5.41) is 0. The molecule has 0 aromatic heterocycles. The minimum Gasteiger partial charge on any atom is -1.00 e. The Morgan fingerprint density at radius 2 is 1.33 bits per heavy atom. The third-order valence-corrected chi connectivity index (χ3v) is 2.03. The van der Waals surface area contributed by atoms with E-state index in [1.54, 1.807) is 12.8 Å². The average Bonchev–Trinajstić information content (AvgIpc) is 2.92. The van der Waals surface area contributed by atoms with Crippen molar-refractivity contribution in [2.24, 2.45) is 0 Å². The topological polar surface area (TPSA) is 24.5 Å². The van der Waals surface area contributed by atoms with Crippen molar-refractivity contribution in [3.63, 3.8) is 0 Å². The van der Waals surface area contributed by atoms with E-state index in [9.17, 15) is 0 Å². The molecule has 0 aromatic rings. The maximum absolute atomic E-state index is 5.04. The van der Waals surface area contributed by atoms with E-state index in [1.165, 1.54) is 0 Å². The van der Waals surface area contributed by atoms with Crippen molar-refractivity contribution in [2.75, 3.05) is 39.4 Å². The number of nitrogens with zero attached hydrogens (tertiary/aromatic N) is 2. The minimum absolute atomic E-state index is 0. The van der Waals surface area contributed by atoms with Gasteiger partial charge >= 0.3 is 12.8 Å². The molecule has 0 amide bonds. The second-order valence-electron chi connectivity index (χ2n) is 3.30. The first-order chi connectivity index (χ1) is 7.86. The summed E-state index contributed by atoms with van der Waals surface area (Å²) in [5.74, 6) is 5.05. The quantitative estimate of drug-likeness (QED) is 0.249. The number of halogens is 2. The molecule has 18 heavy (non-hydrogen) atoms. The number of hydrogen-bond donors (Lipinski definition) is 0. The Labute approximate surface area is 136 Å². The Morgan fingerprint density at radius 1 is 0.944 bits per heavy atom. The molecule has 0 radical (unpaired) electrons. The summed E-state index contributed by atoms with van der Waals surface area (Å²) in [7, 11) is 0. The van der Waals surface area contributed by atoms with Crippen LogP contribution in [0.5, 0.6) is 0 Å². The molecule has 0 aliphatic carbocycles. The van der Waals surface area contributed by atoms with Gasteiger partial charge in [-0.15, -0.1) is 12.8 Å². The van der Waals surface area contributed by atoms with E-state index in [2.05, 4.69) is 11.8 Å². The first kappa shape index (κ1) is 19.6. The smallest absolute Gasteiger partial charge is 0.324 e. The van der Waals surface area contributed by atoms with Gasteiger partial charge < -0.3 is 50.4 Å². The van der Waals surface area contributed by atoms with Crippen molar-refractivity contribution in [2.45, 2.75) is 0 Å². The van der Waals surface area contributed by atoms with E-state index < -0.39 is 0 Å². The second-order valence-corrected chi connectivity index (χ2v) is 3.30. The number of ether oxygens (including phenoxy) is 2. The Hall–Kier alpha value is -0.730. The fourth-order valence-corrected chi connectivity index (χ4v) is 1.23. The zero-order valence-electron chi connectivity index (χ0n) is 10.0. The van der Waals surface area contributed by atoms with Crippen LogP contribution in [0.4, 0.5) is 0 Å². The van der Waals surface area contributed by atoms with Crippen LogP contribution in [0.25, 0.3) is 0 Å². The molecule has 0 aromatic carbocycles. The molecule has 6 heteroatoms. The Balaban J connectivity index is 0. The molecular formula is C12H16BrIN2O2. The van der Waals surface area contributed by atoms with E-state index in [0.29, 0.717) is 13.1 Å². The zero-order valence-corrected chi connectivity index (χ0v) is 13.8. The van der Waals surface area contributed by atoms with Gasteiger partial charge in [0.2, 0.25) is 13.1 Å². The van der Waals surface area contributed by atoms with E-state index in [1.807, 2.05) is 9.15 Å². The lowest BCUT2D eigenvalue weighted by Gasteiger charge is -1.81. The molecule has 2 aliphatic heterocycles. The molecule has 0 saturated heterocycles. The van der Waals surface area contributed by atoms with Crippen LogP contribution in [0.15, 0.2) is 0 Å². The van der Waals surface area contributed by atoms with Crippen molar-refractivity contribution in [3.05, 3.63) is 0 Å². The van der Waals surface area contributed by atoms with E-state index in [0.717, 1.165) is 26.3 Å². The monoisotopic (exact) mass is 426 g/mol. The SMILES string of the molecule is C#CC[N+]1=COCC1.C#CC[N+]1=COCC1.[Br-].[I-]. The van der Waals surface area contributed by atoms with Crippen molar-refractivity contribution >= 4 is 12.8 Å². The highest BCUT2D eigenvalue weighted by molar-refractivity contribution is 5.40. The summed E-state index contributed by atoms with van der Waals surface area (Å²) in [6.45, 7) is 4.76. The van der Waals surface area contributed by atoms with Crippen LogP contribution in [0.3, 0.4) is 0 Å². The summed E-state index contributed by atoms with van der Waals surface area (Å²) < 4.78 is 13.7. The van der Waals surface area contributed by atoms with Gasteiger partial charge in [0.15, 0.2) is 26.3 Å². The number of rotatable bonds is 2. The van der Waals surface area contributed by atoms with Gasteiger partial charge in [0.25, 0.3) is 0 Å². The lowest BCUT2D eigenvalue weighted by Crippen LogP contribution is -3.00. The van der Waals surface area contributed by atoms with E-state index in [4.69, 9.17) is 22.3 Å². The maximum Gasteiger partial charge on any atom is 0.324 e. The first-order valence-electron chi connectivity index (χ1n) is 5.11. The molecule has 0 bridgehead atoms. The molecule has 2 heterocycles. The van der Waals surface area contributed by atoms with Gasteiger partial charge in [-0.25, -0.2) is 0 Å². The van der Waals surface area contributed by atoms with Gasteiger partial charge in [0.1, 0.15) is 0 Å². The van der Waals surface area contributed by atoms with Gasteiger partial charge in [-0.2, -0.15) is 9.15 Å². The van der Waals surface area contributed by atoms with Gasteiger partial charge in [0, 0.05) is 0 Å². The van der Waals surface area contributed by atoms with Crippen molar-refractivity contribution < 1.29 is 59.6 Å². The fourth-order valence-electron chi connectivity index (χ4n) is 1.23. The van der Waals surface area contributed by atoms with Crippen molar-refractivity contribution in [3.8, 4) is 24.7 Å². The summed E-state index contributed by atoms with van der Waals surface area (Å²) in [4.78, 5) is 0. The van der Waals surface area contributed by atoms with Gasteiger partial charge in [-0.1, -0.05) is 0 Å². The van der Waals surface area contributed by atoms with Crippen LogP contribution in [0.2, 0.25) is 0 Å². The average molecular weight is 427 g/mol. The van der Waals surface area contributed by atoms with E-state index >= 15 is 0 Å². The third-order valence-electron chi connectivity index (χ3n) is 2.03. The van der Waals surface area contributed by atoms with Gasteiger partial charge in [-0.3, -0.25) is 0 Å². The molecular weight excluding hydrogens is 411 g/mol. The summed E-state index contributed by atoms with van der Waals surface area (Å²) in [6, 6.07) is 0. The molecule has 0 unspecified atom stereocenters. The molecule has 0 fully saturated rings. The minimum atomic E-state index is 0. The molecule has 4 nitrogen and oxygen atoms in total. The number of terminal acetylenes is 2. The van der Waals surface area contributed by atoms with Gasteiger partial charge in [-0.05, 0) is 11.8 Å². The molecule has 2 rings (SSSR count). The lowest BCUT2D eigenvalue weighted by molar-refractivity contribution is -0.501. The predicted molar refractivity (Wildman–Crippen MR) is 61.7 cm³/mol. The largest absolute Gasteiger partial charge is 1.00 e. The van der Waals surface area contributed by atoms with Crippen LogP contribution < -0.4 is 41.0 Å². The molecule has 0 atom stereocenters. The zero-order chi connectivity index (χ0) is 11.6. The molecule has 0 saturated carbocycles. The van der Waals surface area contributed by atoms with Crippen LogP contribution in [0, 0.1) is 24.7 Å². The van der Waals surface area contributed by atoms with Gasteiger partial charge in [0.05, 0.1) is 0 Å². The number of hydrogen-bond acceptors (Lipinski definition) is 2. The fraction of sp³-hybridized carbons (Fsp3) is 0.500. The highest BCUT2D eigenvalue weighted by Gasteiger charge is 2.08. The summed E-state index contributed by atoms with van der Waals surface area (Å²) >= 11 is 0. The van der Waals surface area contributed by atoms with E-state index in [-0.39, 0.29) is 41.0 Å². The highest BCUT2D eigenvalue weighted by Crippen LogP contribution is 1.83. The van der Waals surface area contributed by atoms with Crippen molar-refractivity contribution in [1.29, 1.82) is 0 Å². The standard InChI is InChI=1S/2C6H8NO.BrH.HI/c2*1-2-3-7-4-5-8-6-7;;/h2*1,6H,3-5H2;2*1H/q2*+1;;/p-2. The predicted octanol–water partition coefficient (Wildman–Crippen LogP) is -6.61. The van der Waals surface area contributed by atoms with Crippen LogP contribution in [0.1, 0.15) is 0 Å². The molecule has 100 valence electrons. The summed E-state index contributed by atoms with van der Waals surface area (Å²) in [5.41, 5.74) is 0. The summed E-state index contributed by atoms with van der Waals surface area (Å²) in [6.07, 6.45) is 13.4. The molecule has 0 N–H and O–H groups in total. The maximum atomic E-state index is 5.04. The normalized spacial score (nSPS) is 14.8. The highest BCUT2D eigenvalue weighted by atomic mass is 127. The lowest BCUT2D eigenvalue weighted by atomic mass is 10.6. The van der Waals surface area contributed by atoms with Crippen LogP contribution in [-0.4, -0.2) is 61.3 Å².